The third-order valence-electron chi connectivity index (χ3n) is 4.50. The zero-order valence-electron chi connectivity index (χ0n) is 15.1. The molecule has 138 valence electrons. The van der Waals surface area contributed by atoms with Gasteiger partial charge < -0.3 is 0 Å². The third-order valence-corrected chi connectivity index (χ3v) is 4.50. The zero-order valence-corrected chi connectivity index (χ0v) is 15.1. The number of rotatable bonds is 3. The van der Waals surface area contributed by atoms with Gasteiger partial charge in [0.15, 0.2) is 5.65 Å². The molecule has 4 nitrogen and oxygen atoms in total. The van der Waals surface area contributed by atoms with Crippen molar-refractivity contribution in [3.63, 3.8) is 0 Å². The second kappa shape index (κ2) is 6.30. The van der Waals surface area contributed by atoms with Gasteiger partial charge in [-0.05, 0) is 30.0 Å². The van der Waals surface area contributed by atoms with Crippen molar-refractivity contribution in [1.82, 2.24) is 14.3 Å². The quantitative estimate of drug-likeness (QED) is 0.698. The number of hydrogen-bond acceptors (Lipinski definition) is 2. The topological polar surface area (TPSA) is 39.8 Å². The fraction of sp³-hybridized carbons (Fsp3) is 0.368. The predicted octanol–water partition coefficient (Wildman–Crippen LogP) is 4.23. The van der Waals surface area contributed by atoms with Crippen LogP contribution in [-0.4, -0.2) is 14.3 Å². The van der Waals surface area contributed by atoms with E-state index in [1.165, 1.54) is 16.3 Å². The molecule has 7 heteroatoms. The van der Waals surface area contributed by atoms with Crippen LogP contribution in [0.3, 0.4) is 0 Å². The van der Waals surface area contributed by atoms with Crippen LogP contribution in [0.1, 0.15) is 42.1 Å². The SMILES string of the molecule is Cc1cc(C(F)(F)F)c2c(=O)n(Cc3cccc(C(C)C)c3)n(C)c2n1. The van der Waals surface area contributed by atoms with Gasteiger partial charge in [-0.25, -0.2) is 9.67 Å². The van der Waals surface area contributed by atoms with E-state index in [1.54, 1.807) is 7.05 Å². The number of aromatic nitrogens is 3. The minimum Gasteiger partial charge on any atom is -0.268 e. The average Bonchev–Trinajstić information content (AvgIpc) is 2.78. The zero-order chi connectivity index (χ0) is 19.2. The van der Waals surface area contributed by atoms with E-state index < -0.39 is 17.3 Å². The van der Waals surface area contributed by atoms with Gasteiger partial charge in [0.25, 0.3) is 5.56 Å². The molecule has 0 saturated carbocycles. The number of aryl methyl sites for hydroxylation is 2. The van der Waals surface area contributed by atoms with E-state index in [-0.39, 0.29) is 23.3 Å². The van der Waals surface area contributed by atoms with E-state index >= 15 is 0 Å². The minimum absolute atomic E-state index is 0.0438. The Balaban J connectivity index is 2.19. The first-order valence-corrected chi connectivity index (χ1v) is 8.32. The largest absolute Gasteiger partial charge is 0.417 e. The van der Waals surface area contributed by atoms with Crippen LogP contribution < -0.4 is 5.56 Å². The Morgan fingerprint density at radius 3 is 2.50 bits per heavy atom. The summed E-state index contributed by atoms with van der Waals surface area (Å²) in [4.78, 5) is 16.9. The molecule has 1 aromatic carbocycles. The van der Waals surface area contributed by atoms with Crippen molar-refractivity contribution in [2.45, 2.75) is 39.4 Å². The Morgan fingerprint density at radius 2 is 1.88 bits per heavy atom. The molecule has 0 unspecified atom stereocenters. The van der Waals surface area contributed by atoms with Crippen molar-refractivity contribution in [3.8, 4) is 0 Å². The lowest BCUT2D eigenvalue weighted by molar-refractivity contribution is -0.136. The van der Waals surface area contributed by atoms with Gasteiger partial charge in [-0.15, -0.1) is 0 Å². The molecule has 0 N–H and O–H groups in total. The summed E-state index contributed by atoms with van der Waals surface area (Å²) in [5.41, 5.74) is 0.614. The monoisotopic (exact) mass is 363 g/mol. The molecule has 0 aliphatic heterocycles. The maximum atomic E-state index is 13.4. The van der Waals surface area contributed by atoms with Gasteiger partial charge in [-0.2, -0.15) is 13.2 Å². The van der Waals surface area contributed by atoms with E-state index in [9.17, 15) is 18.0 Å². The highest BCUT2D eigenvalue weighted by molar-refractivity contribution is 5.79. The van der Waals surface area contributed by atoms with Gasteiger partial charge in [0.1, 0.15) is 0 Å². The second-order valence-corrected chi connectivity index (χ2v) is 6.79. The first-order valence-electron chi connectivity index (χ1n) is 8.32. The first kappa shape index (κ1) is 18.2. The molecule has 0 aliphatic carbocycles. The van der Waals surface area contributed by atoms with Crippen LogP contribution >= 0.6 is 0 Å². The highest BCUT2D eigenvalue weighted by Crippen LogP contribution is 2.33. The third kappa shape index (κ3) is 3.13. The molecule has 0 bridgehead atoms. The molecule has 3 aromatic rings. The van der Waals surface area contributed by atoms with Crippen LogP contribution in [0.2, 0.25) is 0 Å². The molecule has 0 fully saturated rings. The predicted molar refractivity (Wildman–Crippen MR) is 94.3 cm³/mol. The van der Waals surface area contributed by atoms with Crippen LogP contribution in [0.5, 0.6) is 0 Å². The molecular formula is C19H20F3N3O. The summed E-state index contributed by atoms with van der Waals surface area (Å²) in [5.74, 6) is 0.320. The smallest absolute Gasteiger partial charge is 0.268 e. The Kier molecular flexibility index (Phi) is 4.42. The summed E-state index contributed by atoms with van der Waals surface area (Å²) in [5, 5.41) is -0.384. The van der Waals surface area contributed by atoms with Gasteiger partial charge in [0.05, 0.1) is 17.5 Å². The van der Waals surface area contributed by atoms with Crippen molar-refractivity contribution in [2.75, 3.05) is 0 Å². The minimum atomic E-state index is -4.61. The summed E-state index contributed by atoms with van der Waals surface area (Å²) in [6.45, 7) is 5.79. The van der Waals surface area contributed by atoms with Crippen molar-refractivity contribution >= 4 is 11.0 Å². The van der Waals surface area contributed by atoms with E-state index in [0.717, 1.165) is 17.2 Å². The van der Waals surface area contributed by atoms with Crippen LogP contribution in [-0.2, 0) is 19.8 Å². The number of alkyl halides is 3. The highest BCUT2D eigenvalue weighted by atomic mass is 19.4. The maximum Gasteiger partial charge on any atom is 0.417 e. The Bertz CT molecular complexity index is 1030. The summed E-state index contributed by atoms with van der Waals surface area (Å²) < 4.78 is 42.9. The standard InChI is InChI=1S/C19H20F3N3O/c1-11(2)14-7-5-6-13(9-14)10-25-18(26)16-15(19(20,21)22)8-12(3)23-17(16)24(25)4/h5-9,11H,10H2,1-4H3. The molecule has 26 heavy (non-hydrogen) atoms. The number of hydrogen-bond donors (Lipinski definition) is 0. The number of nitrogens with zero attached hydrogens (tertiary/aromatic N) is 3. The van der Waals surface area contributed by atoms with E-state index in [2.05, 4.69) is 18.8 Å². The molecule has 3 rings (SSSR count). The molecular weight excluding hydrogens is 343 g/mol. The molecule has 0 atom stereocenters. The Hall–Kier alpha value is -2.57. The van der Waals surface area contributed by atoms with Crippen molar-refractivity contribution in [1.29, 1.82) is 0 Å². The van der Waals surface area contributed by atoms with E-state index in [0.29, 0.717) is 5.92 Å². The summed E-state index contributed by atoms with van der Waals surface area (Å²) >= 11 is 0. The fourth-order valence-electron chi connectivity index (χ4n) is 3.11. The van der Waals surface area contributed by atoms with Crippen molar-refractivity contribution < 1.29 is 13.2 Å². The van der Waals surface area contributed by atoms with Crippen molar-refractivity contribution in [2.24, 2.45) is 7.05 Å². The van der Waals surface area contributed by atoms with Crippen LogP contribution in [0, 0.1) is 6.92 Å². The van der Waals surface area contributed by atoms with Gasteiger partial charge in [0.2, 0.25) is 0 Å². The average molecular weight is 363 g/mol. The summed E-state index contributed by atoms with van der Waals surface area (Å²) in [6.07, 6.45) is -4.61. The lowest BCUT2D eigenvalue weighted by Crippen LogP contribution is -2.23. The highest BCUT2D eigenvalue weighted by Gasteiger charge is 2.36. The maximum absolute atomic E-state index is 13.4. The van der Waals surface area contributed by atoms with Crippen LogP contribution in [0.15, 0.2) is 35.1 Å². The van der Waals surface area contributed by atoms with Crippen LogP contribution in [0.25, 0.3) is 11.0 Å². The Morgan fingerprint density at radius 1 is 1.19 bits per heavy atom. The van der Waals surface area contributed by atoms with Gasteiger partial charge in [0, 0.05) is 12.7 Å². The summed E-state index contributed by atoms with van der Waals surface area (Å²) in [6, 6.07) is 8.64. The Labute approximate surface area is 148 Å². The number of fused-ring (bicyclic) bond motifs is 1. The fourth-order valence-corrected chi connectivity index (χ4v) is 3.11. The normalized spacial score (nSPS) is 12.3. The van der Waals surface area contributed by atoms with Gasteiger partial charge >= 0.3 is 6.18 Å². The lowest BCUT2D eigenvalue weighted by atomic mass is 10.0. The van der Waals surface area contributed by atoms with Crippen molar-refractivity contribution in [3.05, 3.63) is 63.1 Å². The molecule has 0 saturated heterocycles. The molecule has 0 radical (unpaired) electrons. The molecule has 0 amide bonds. The molecule has 0 spiro atoms. The van der Waals surface area contributed by atoms with E-state index in [4.69, 9.17) is 0 Å². The second-order valence-electron chi connectivity index (χ2n) is 6.79. The number of halogens is 3. The van der Waals surface area contributed by atoms with E-state index in [1.807, 2.05) is 24.3 Å². The lowest BCUT2D eigenvalue weighted by Gasteiger charge is -2.10. The molecule has 2 aromatic heterocycles. The first-order chi connectivity index (χ1) is 12.1. The molecule has 2 heterocycles. The molecule has 0 aliphatic rings. The number of benzene rings is 1. The number of pyridine rings is 1. The van der Waals surface area contributed by atoms with Gasteiger partial charge in [-0.1, -0.05) is 38.1 Å². The summed E-state index contributed by atoms with van der Waals surface area (Å²) in [7, 11) is 1.56. The van der Waals surface area contributed by atoms with Gasteiger partial charge in [-0.3, -0.25) is 9.48 Å². The van der Waals surface area contributed by atoms with Crippen LogP contribution in [0.4, 0.5) is 13.2 Å².